The van der Waals surface area contributed by atoms with Crippen LogP contribution in [0.25, 0.3) is 0 Å². The number of rotatable bonds is 6. The molecular weight excluding hydrogens is 178 g/mol. The van der Waals surface area contributed by atoms with Gasteiger partial charge in [-0.2, -0.15) is 0 Å². The molecular formula is C10H19N3O. The normalized spacial score (nSPS) is 15.4. The highest BCUT2D eigenvalue weighted by Gasteiger charge is 2.08. The van der Waals surface area contributed by atoms with E-state index in [0.717, 1.165) is 13.1 Å². The molecule has 14 heavy (non-hydrogen) atoms. The third-order valence-electron chi connectivity index (χ3n) is 2.47. The Labute approximate surface area is 85.3 Å². The summed E-state index contributed by atoms with van der Waals surface area (Å²) in [6, 6.07) is 0.378. The lowest BCUT2D eigenvalue weighted by molar-refractivity contribution is 0.0885. The van der Waals surface area contributed by atoms with Gasteiger partial charge in [-0.3, -0.25) is 0 Å². The summed E-state index contributed by atoms with van der Waals surface area (Å²) in [7, 11) is 1.73. The van der Waals surface area contributed by atoms with Crippen molar-refractivity contribution >= 4 is 0 Å². The molecule has 1 heterocycles. The maximum absolute atomic E-state index is 5.22. The minimum atomic E-state index is 0.248. The Morgan fingerprint density at radius 1 is 1.50 bits per heavy atom. The van der Waals surface area contributed by atoms with Gasteiger partial charge in [-0.05, 0) is 13.8 Å². The number of imidazole rings is 1. The van der Waals surface area contributed by atoms with Crippen LogP contribution in [0.15, 0.2) is 18.7 Å². The number of methoxy groups -OCH3 is 1. The van der Waals surface area contributed by atoms with E-state index < -0.39 is 0 Å². The van der Waals surface area contributed by atoms with E-state index in [1.807, 2.05) is 12.5 Å². The molecule has 1 N–H and O–H groups in total. The van der Waals surface area contributed by atoms with Crippen molar-refractivity contribution in [3.05, 3.63) is 18.7 Å². The van der Waals surface area contributed by atoms with E-state index in [2.05, 4.69) is 28.7 Å². The van der Waals surface area contributed by atoms with E-state index in [0.29, 0.717) is 6.04 Å². The second-order valence-electron chi connectivity index (χ2n) is 3.48. The zero-order chi connectivity index (χ0) is 10.4. The van der Waals surface area contributed by atoms with Crippen LogP contribution in [-0.2, 0) is 11.3 Å². The van der Waals surface area contributed by atoms with Gasteiger partial charge < -0.3 is 14.6 Å². The number of ether oxygens (including phenoxy) is 1. The Balaban J connectivity index is 2.15. The molecule has 0 bridgehead atoms. The van der Waals surface area contributed by atoms with Gasteiger partial charge in [-0.1, -0.05) is 0 Å². The van der Waals surface area contributed by atoms with E-state index in [4.69, 9.17) is 4.74 Å². The fraction of sp³-hybridized carbons (Fsp3) is 0.700. The molecule has 0 saturated carbocycles. The number of hydrogen-bond acceptors (Lipinski definition) is 3. The van der Waals surface area contributed by atoms with Crippen molar-refractivity contribution in [2.24, 2.45) is 0 Å². The Hall–Kier alpha value is -0.870. The maximum Gasteiger partial charge on any atom is 0.0946 e. The molecule has 2 atom stereocenters. The van der Waals surface area contributed by atoms with Crippen LogP contribution in [0.3, 0.4) is 0 Å². The Bertz CT molecular complexity index is 236. The van der Waals surface area contributed by atoms with Crippen molar-refractivity contribution < 1.29 is 4.74 Å². The molecule has 1 aromatic rings. The van der Waals surface area contributed by atoms with Crippen LogP contribution in [0.2, 0.25) is 0 Å². The molecule has 0 saturated heterocycles. The van der Waals surface area contributed by atoms with Crippen molar-refractivity contribution in [3.8, 4) is 0 Å². The predicted molar refractivity (Wildman–Crippen MR) is 56.2 cm³/mol. The summed E-state index contributed by atoms with van der Waals surface area (Å²) in [5.74, 6) is 0. The molecule has 4 nitrogen and oxygen atoms in total. The summed E-state index contributed by atoms with van der Waals surface area (Å²) >= 11 is 0. The molecule has 4 heteroatoms. The van der Waals surface area contributed by atoms with Gasteiger partial charge in [0.05, 0.1) is 12.4 Å². The molecule has 2 unspecified atom stereocenters. The van der Waals surface area contributed by atoms with Crippen molar-refractivity contribution in [1.82, 2.24) is 14.9 Å². The second-order valence-corrected chi connectivity index (χ2v) is 3.48. The molecule has 0 radical (unpaired) electrons. The van der Waals surface area contributed by atoms with Crippen molar-refractivity contribution in [2.75, 3.05) is 13.7 Å². The Kier molecular flexibility index (Phi) is 4.62. The minimum absolute atomic E-state index is 0.248. The average molecular weight is 197 g/mol. The first-order valence-electron chi connectivity index (χ1n) is 4.96. The van der Waals surface area contributed by atoms with Crippen LogP contribution < -0.4 is 5.32 Å². The molecule has 1 aromatic heterocycles. The Morgan fingerprint density at radius 2 is 2.29 bits per heavy atom. The van der Waals surface area contributed by atoms with E-state index in [1.54, 1.807) is 13.3 Å². The highest BCUT2D eigenvalue weighted by Crippen LogP contribution is 1.95. The highest BCUT2D eigenvalue weighted by atomic mass is 16.5. The van der Waals surface area contributed by atoms with E-state index in [1.165, 1.54) is 0 Å². The lowest BCUT2D eigenvalue weighted by Crippen LogP contribution is -2.38. The third-order valence-corrected chi connectivity index (χ3v) is 2.47. The van der Waals surface area contributed by atoms with Gasteiger partial charge in [0.2, 0.25) is 0 Å². The number of aromatic nitrogens is 2. The van der Waals surface area contributed by atoms with Gasteiger partial charge in [0.25, 0.3) is 0 Å². The monoisotopic (exact) mass is 197 g/mol. The Morgan fingerprint density at radius 3 is 2.86 bits per heavy atom. The zero-order valence-corrected chi connectivity index (χ0v) is 9.10. The van der Waals surface area contributed by atoms with Crippen LogP contribution in [0, 0.1) is 0 Å². The zero-order valence-electron chi connectivity index (χ0n) is 9.10. The number of nitrogens with one attached hydrogen (secondary N) is 1. The summed E-state index contributed by atoms with van der Waals surface area (Å²) in [5, 5.41) is 3.40. The average Bonchev–Trinajstić information content (AvgIpc) is 2.69. The quantitative estimate of drug-likeness (QED) is 0.736. The fourth-order valence-corrected chi connectivity index (χ4v) is 1.21. The van der Waals surface area contributed by atoms with E-state index in [9.17, 15) is 0 Å². The molecule has 0 amide bonds. The summed E-state index contributed by atoms with van der Waals surface area (Å²) in [6.45, 7) is 6.07. The number of hydrogen-bond donors (Lipinski definition) is 1. The van der Waals surface area contributed by atoms with Crippen LogP contribution >= 0.6 is 0 Å². The largest absolute Gasteiger partial charge is 0.380 e. The standard InChI is InChI=1S/C10H19N3O/c1-9(10(2)14-3)12-5-7-13-6-4-11-8-13/h4,6,8-10,12H,5,7H2,1-3H3. The summed E-state index contributed by atoms with van der Waals surface area (Å²) in [5.41, 5.74) is 0. The van der Waals surface area contributed by atoms with Gasteiger partial charge in [-0.15, -0.1) is 0 Å². The SMILES string of the molecule is COC(C)C(C)NCCn1ccnc1. The second kappa shape index (κ2) is 5.78. The van der Waals surface area contributed by atoms with Crippen LogP contribution in [0.5, 0.6) is 0 Å². The van der Waals surface area contributed by atoms with E-state index in [-0.39, 0.29) is 6.10 Å². The van der Waals surface area contributed by atoms with Crippen molar-refractivity contribution in [1.29, 1.82) is 0 Å². The lowest BCUT2D eigenvalue weighted by Gasteiger charge is -2.19. The summed E-state index contributed by atoms with van der Waals surface area (Å²) < 4.78 is 7.27. The first kappa shape index (κ1) is 11.2. The topological polar surface area (TPSA) is 39.1 Å². The van der Waals surface area contributed by atoms with Crippen LogP contribution in [0.1, 0.15) is 13.8 Å². The third kappa shape index (κ3) is 3.47. The predicted octanol–water partition coefficient (Wildman–Crippen LogP) is 0.896. The summed E-state index contributed by atoms with van der Waals surface area (Å²) in [6.07, 6.45) is 5.83. The van der Waals surface area contributed by atoms with Crippen LogP contribution in [0.4, 0.5) is 0 Å². The molecule has 0 aliphatic carbocycles. The van der Waals surface area contributed by atoms with Gasteiger partial charge in [0.1, 0.15) is 0 Å². The first-order chi connectivity index (χ1) is 6.74. The molecule has 0 aliphatic heterocycles. The fourth-order valence-electron chi connectivity index (χ4n) is 1.21. The highest BCUT2D eigenvalue weighted by molar-refractivity contribution is 4.75. The number of nitrogens with zero attached hydrogens (tertiary/aromatic N) is 2. The molecule has 0 aromatic carbocycles. The maximum atomic E-state index is 5.22. The van der Waals surface area contributed by atoms with Crippen molar-refractivity contribution in [3.63, 3.8) is 0 Å². The summed E-state index contributed by atoms with van der Waals surface area (Å²) in [4.78, 5) is 3.98. The van der Waals surface area contributed by atoms with E-state index >= 15 is 0 Å². The molecule has 80 valence electrons. The van der Waals surface area contributed by atoms with Crippen LogP contribution in [-0.4, -0.2) is 35.4 Å². The van der Waals surface area contributed by atoms with Gasteiger partial charge in [0, 0.05) is 38.6 Å². The molecule has 0 aliphatic rings. The van der Waals surface area contributed by atoms with Gasteiger partial charge in [0.15, 0.2) is 0 Å². The first-order valence-corrected chi connectivity index (χ1v) is 4.96. The minimum Gasteiger partial charge on any atom is -0.380 e. The van der Waals surface area contributed by atoms with Crippen molar-refractivity contribution in [2.45, 2.75) is 32.5 Å². The lowest BCUT2D eigenvalue weighted by atomic mass is 10.2. The molecule has 0 fully saturated rings. The van der Waals surface area contributed by atoms with Gasteiger partial charge in [-0.25, -0.2) is 4.98 Å². The molecule has 0 spiro atoms. The smallest absolute Gasteiger partial charge is 0.0946 e. The van der Waals surface area contributed by atoms with Gasteiger partial charge >= 0.3 is 0 Å². The molecule has 1 rings (SSSR count).